The highest BCUT2D eigenvalue weighted by molar-refractivity contribution is 9.10. The van der Waals surface area contributed by atoms with Crippen molar-refractivity contribution in [1.29, 1.82) is 0 Å². The molecule has 0 bridgehead atoms. The summed E-state index contributed by atoms with van der Waals surface area (Å²) in [5.74, 6) is 0.982. The van der Waals surface area contributed by atoms with E-state index in [0.29, 0.717) is 41.9 Å². The largest absolute Gasteiger partial charge is 0.383 e. The molecule has 1 aromatic heterocycles. The van der Waals surface area contributed by atoms with E-state index in [2.05, 4.69) is 31.2 Å². The van der Waals surface area contributed by atoms with Gasteiger partial charge in [0.25, 0.3) is 0 Å². The summed E-state index contributed by atoms with van der Waals surface area (Å²) < 4.78 is 6.05. The number of ether oxygens (including phenoxy) is 1. The maximum atomic E-state index is 12.3. The highest BCUT2D eigenvalue weighted by Gasteiger charge is 2.34. The molecule has 1 saturated carbocycles. The third-order valence-electron chi connectivity index (χ3n) is 3.42. The number of nitrogens with two attached hydrogens (primary N) is 1. The normalized spacial score (nSPS) is 22.6. The van der Waals surface area contributed by atoms with Crippen molar-refractivity contribution in [2.45, 2.75) is 24.9 Å². The third-order valence-corrected chi connectivity index (χ3v) is 4.19. The third kappa shape index (κ3) is 2.71. The molecular formula is C12H16BrN5O2. The predicted molar refractivity (Wildman–Crippen MR) is 77.3 cm³/mol. The summed E-state index contributed by atoms with van der Waals surface area (Å²) in [5, 5.41) is 3.01. The summed E-state index contributed by atoms with van der Waals surface area (Å²) in [4.78, 5) is 22.4. The van der Waals surface area contributed by atoms with Crippen LogP contribution in [0.15, 0.2) is 10.8 Å². The molecule has 1 unspecified atom stereocenters. The second-order valence-electron chi connectivity index (χ2n) is 4.96. The molecule has 3 rings (SSSR count). The summed E-state index contributed by atoms with van der Waals surface area (Å²) in [6, 6.07) is -0.0554. The van der Waals surface area contributed by atoms with Gasteiger partial charge in [-0.25, -0.2) is 9.97 Å². The minimum atomic E-state index is -0.380. The lowest BCUT2D eigenvalue weighted by Crippen LogP contribution is -2.54. The lowest BCUT2D eigenvalue weighted by atomic mass is 10.2. The van der Waals surface area contributed by atoms with Gasteiger partial charge in [-0.05, 0) is 28.8 Å². The van der Waals surface area contributed by atoms with E-state index in [4.69, 9.17) is 10.5 Å². The number of aromatic nitrogens is 2. The Labute approximate surface area is 125 Å². The number of anilines is 2. The number of nitrogens with one attached hydrogen (secondary N) is 1. The Morgan fingerprint density at radius 3 is 3.05 bits per heavy atom. The lowest BCUT2D eigenvalue weighted by Gasteiger charge is -2.35. The number of morpholine rings is 1. The smallest absolute Gasteiger partial charge is 0.245 e. The van der Waals surface area contributed by atoms with E-state index >= 15 is 0 Å². The van der Waals surface area contributed by atoms with Crippen molar-refractivity contribution in [3.63, 3.8) is 0 Å². The fourth-order valence-corrected chi connectivity index (χ4v) is 2.61. The van der Waals surface area contributed by atoms with Crippen molar-refractivity contribution in [3.05, 3.63) is 10.8 Å². The topological polar surface area (TPSA) is 93.4 Å². The molecule has 2 fully saturated rings. The molecule has 8 heteroatoms. The molecular weight excluding hydrogens is 326 g/mol. The molecule has 0 aromatic carbocycles. The molecule has 0 spiro atoms. The van der Waals surface area contributed by atoms with Crippen molar-refractivity contribution in [2.75, 3.05) is 30.4 Å². The maximum Gasteiger partial charge on any atom is 0.245 e. The van der Waals surface area contributed by atoms with Crippen molar-refractivity contribution in [3.8, 4) is 0 Å². The molecule has 2 aliphatic rings. The summed E-state index contributed by atoms with van der Waals surface area (Å²) in [6.07, 6.45) is 3.52. The van der Waals surface area contributed by atoms with Gasteiger partial charge in [0, 0.05) is 12.6 Å². The van der Waals surface area contributed by atoms with Gasteiger partial charge in [-0.3, -0.25) is 4.79 Å². The van der Waals surface area contributed by atoms with Gasteiger partial charge in [-0.1, -0.05) is 0 Å². The molecule has 1 saturated heterocycles. The average molecular weight is 342 g/mol. The van der Waals surface area contributed by atoms with E-state index in [1.165, 1.54) is 6.33 Å². The first-order valence-electron chi connectivity index (χ1n) is 6.57. The van der Waals surface area contributed by atoms with Crippen molar-refractivity contribution in [1.82, 2.24) is 15.3 Å². The van der Waals surface area contributed by atoms with Gasteiger partial charge in [0.05, 0.1) is 13.2 Å². The quantitative estimate of drug-likeness (QED) is 0.821. The molecule has 3 N–H and O–H groups in total. The van der Waals surface area contributed by atoms with Gasteiger partial charge in [0.15, 0.2) is 0 Å². The molecule has 7 nitrogen and oxygen atoms in total. The van der Waals surface area contributed by atoms with Crippen LogP contribution in [0.2, 0.25) is 0 Å². The SMILES string of the molecule is Nc1ncnc(N2CCOCC2C(=O)NC2CC2)c1Br. The Bertz CT molecular complexity index is 523. The second kappa shape index (κ2) is 5.53. The van der Waals surface area contributed by atoms with E-state index < -0.39 is 0 Å². The number of hydrogen-bond donors (Lipinski definition) is 2. The molecule has 108 valence electrons. The predicted octanol–water partition coefficient (Wildman–Crippen LogP) is 0.305. The standard InChI is InChI=1S/C12H16BrN5O2/c13-9-10(14)15-6-16-11(9)18-3-4-20-5-8(18)12(19)17-7-1-2-7/h6-8H,1-5H2,(H,17,19)(H2,14,15,16). The van der Waals surface area contributed by atoms with Gasteiger partial charge >= 0.3 is 0 Å². The van der Waals surface area contributed by atoms with Crippen molar-refractivity contribution >= 4 is 33.5 Å². The first-order valence-corrected chi connectivity index (χ1v) is 7.37. The summed E-state index contributed by atoms with van der Waals surface area (Å²) in [7, 11) is 0. The summed E-state index contributed by atoms with van der Waals surface area (Å²) >= 11 is 3.39. The minimum Gasteiger partial charge on any atom is -0.383 e. The fraction of sp³-hybridized carbons (Fsp3) is 0.583. The summed E-state index contributed by atoms with van der Waals surface area (Å²) in [5.41, 5.74) is 5.78. The molecule has 2 heterocycles. The van der Waals surface area contributed by atoms with Crippen LogP contribution < -0.4 is 16.0 Å². The van der Waals surface area contributed by atoms with Crippen molar-refractivity contribution < 1.29 is 9.53 Å². The molecule has 20 heavy (non-hydrogen) atoms. The number of nitrogens with zero attached hydrogens (tertiary/aromatic N) is 3. The first-order chi connectivity index (χ1) is 9.66. The number of carbonyl (C=O) groups excluding carboxylic acids is 1. The van der Waals surface area contributed by atoms with E-state index in [1.54, 1.807) is 0 Å². The summed E-state index contributed by atoms with van der Waals surface area (Å²) in [6.45, 7) is 1.51. The van der Waals surface area contributed by atoms with E-state index in [1.807, 2.05) is 4.90 Å². The van der Waals surface area contributed by atoms with Crippen LogP contribution in [0.4, 0.5) is 11.6 Å². The average Bonchev–Trinajstić information content (AvgIpc) is 3.26. The van der Waals surface area contributed by atoms with Gasteiger partial charge in [-0.15, -0.1) is 0 Å². The minimum absolute atomic E-state index is 0.0173. The van der Waals surface area contributed by atoms with Crippen LogP contribution in [-0.2, 0) is 9.53 Å². The highest BCUT2D eigenvalue weighted by atomic mass is 79.9. The molecule has 1 atom stereocenters. The molecule has 0 radical (unpaired) electrons. The monoisotopic (exact) mass is 341 g/mol. The van der Waals surface area contributed by atoms with Crippen LogP contribution in [0.1, 0.15) is 12.8 Å². The zero-order valence-electron chi connectivity index (χ0n) is 10.9. The van der Waals surface area contributed by atoms with Gasteiger partial charge in [0.1, 0.15) is 28.5 Å². The Kier molecular flexibility index (Phi) is 3.75. The molecule has 1 aliphatic heterocycles. The van der Waals surface area contributed by atoms with Crippen LogP contribution >= 0.6 is 15.9 Å². The number of rotatable bonds is 3. The highest BCUT2D eigenvalue weighted by Crippen LogP contribution is 2.30. The van der Waals surface area contributed by atoms with Crippen molar-refractivity contribution in [2.24, 2.45) is 0 Å². The van der Waals surface area contributed by atoms with Crippen LogP contribution in [0.3, 0.4) is 0 Å². The number of halogens is 1. The van der Waals surface area contributed by atoms with Gasteiger partial charge in [0.2, 0.25) is 5.91 Å². The van der Waals surface area contributed by atoms with E-state index in [9.17, 15) is 4.79 Å². The number of carbonyl (C=O) groups is 1. The molecule has 1 aromatic rings. The lowest BCUT2D eigenvalue weighted by molar-refractivity contribution is -0.124. The van der Waals surface area contributed by atoms with Crippen LogP contribution in [0.25, 0.3) is 0 Å². The molecule has 1 aliphatic carbocycles. The van der Waals surface area contributed by atoms with Gasteiger partial charge in [-0.2, -0.15) is 0 Å². The number of hydrogen-bond acceptors (Lipinski definition) is 6. The Morgan fingerprint density at radius 2 is 2.30 bits per heavy atom. The zero-order valence-corrected chi connectivity index (χ0v) is 12.5. The van der Waals surface area contributed by atoms with E-state index in [-0.39, 0.29) is 11.9 Å². The van der Waals surface area contributed by atoms with Crippen LogP contribution in [0, 0.1) is 0 Å². The van der Waals surface area contributed by atoms with Crippen LogP contribution in [0.5, 0.6) is 0 Å². The first kappa shape index (κ1) is 13.6. The Balaban J connectivity index is 1.84. The Morgan fingerprint density at radius 1 is 1.50 bits per heavy atom. The zero-order chi connectivity index (χ0) is 14.1. The molecule has 1 amide bonds. The Hall–Kier alpha value is -1.41. The van der Waals surface area contributed by atoms with Gasteiger partial charge < -0.3 is 20.7 Å². The fourth-order valence-electron chi connectivity index (χ4n) is 2.17. The number of amides is 1. The second-order valence-corrected chi connectivity index (χ2v) is 5.76. The maximum absolute atomic E-state index is 12.3. The number of nitrogen functional groups attached to an aromatic ring is 1. The van der Waals surface area contributed by atoms with E-state index in [0.717, 1.165) is 12.8 Å². The van der Waals surface area contributed by atoms with Crippen LogP contribution in [-0.4, -0.2) is 47.7 Å².